The number of phenols is 1. The van der Waals surface area contributed by atoms with Crippen molar-refractivity contribution in [2.45, 2.75) is 57.3 Å². The van der Waals surface area contributed by atoms with Crippen LogP contribution in [0.3, 0.4) is 0 Å². The van der Waals surface area contributed by atoms with Crippen LogP contribution in [0.15, 0.2) is 18.2 Å². The van der Waals surface area contributed by atoms with E-state index in [-0.39, 0.29) is 71.0 Å². The molecule has 1 N–H and O–H groups in total. The Morgan fingerprint density at radius 3 is 2.52 bits per heavy atom. The molecule has 2 bridgehead atoms. The number of carbonyl (C=O) groups excluding carboxylic acids is 2. The Morgan fingerprint density at radius 1 is 1.12 bits per heavy atom. The van der Waals surface area contributed by atoms with Crippen LogP contribution in [0.1, 0.15) is 44.0 Å². The van der Waals surface area contributed by atoms with Gasteiger partial charge in [0.2, 0.25) is 0 Å². The first-order valence-corrected chi connectivity index (χ1v) is 13.9. The van der Waals surface area contributed by atoms with Gasteiger partial charge in [-0.05, 0) is 45.7 Å². The third-order valence-corrected chi connectivity index (χ3v) is 8.17. The molecular weight excluding hydrogens is 543 g/mol. The minimum absolute atomic E-state index is 0.0000352. The lowest BCUT2D eigenvalue weighted by Crippen LogP contribution is -2.58. The number of ether oxygens (including phenoxy) is 3. The summed E-state index contributed by atoms with van der Waals surface area (Å²) in [4.78, 5) is 37.1. The monoisotopic (exact) mass is 574 g/mol. The molecule has 0 saturated carbocycles. The summed E-state index contributed by atoms with van der Waals surface area (Å²) in [6.07, 6.45) is 1.26. The smallest absolute Gasteiger partial charge is 0.410 e. The van der Waals surface area contributed by atoms with E-state index < -0.39 is 23.6 Å². The van der Waals surface area contributed by atoms with Gasteiger partial charge in [-0.1, -0.05) is 17.7 Å². The lowest BCUT2D eigenvalue weighted by atomic mass is 10.0. The average Bonchev–Trinajstić information content (AvgIpc) is 3.04. The molecule has 6 rings (SSSR count). The number of morpholine rings is 1. The second kappa shape index (κ2) is 9.95. The van der Waals surface area contributed by atoms with Crippen LogP contribution in [0.4, 0.5) is 15.0 Å². The number of carbonyl (C=O) groups is 2. The molecule has 2 amide bonds. The Labute approximate surface area is 236 Å². The highest BCUT2D eigenvalue weighted by Gasteiger charge is 2.45. The number of aromatic nitrogens is 1. The third-order valence-electron chi connectivity index (χ3n) is 7.82. The van der Waals surface area contributed by atoms with Crippen molar-refractivity contribution < 1.29 is 33.3 Å². The maximum absolute atomic E-state index is 15.1. The minimum Gasteiger partial charge on any atom is -0.507 e. The van der Waals surface area contributed by atoms with Crippen LogP contribution in [0, 0.1) is 5.82 Å². The molecule has 0 unspecified atom stereocenters. The van der Waals surface area contributed by atoms with Gasteiger partial charge in [-0.3, -0.25) is 4.79 Å². The average molecular weight is 575 g/mol. The maximum atomic E-state index is 15.1. The first-order chi connectivity index (χ1) is 19.0. The number of hydrogen-bond donors (Lipinski definition) is 1. The molecule has 3 fully saturated rings. The number of fused-ring (bicyclic) bond motifs is 4. The molecule has 0 spiro atoms. The van der Waals surface area contributed by atoms with Crippen LogP contribution in [0.2, 0.25) is 5.02 Å². The Balaban J connectivity index is 1.44. The molecule has 12 heteroatoms. The van der Waals surface area contributed by atoms with Gasteiger partial charge in [0, 0.05) is 19.6 Å². The quantitative estimate of drug-likeness (QED) is 0.572. The van der Waals surface area contributed by atoms with E-state index in [1.165, 1.54) is 18.2 Å². The topological polar surface area (TPSA) is 105 Å². The maximum Gasteiger partial charge on any atom is 0.410 e. The Hall–Kier alpha value is -3.31. The Morgan fingerprint density at radius 2 is 1.85 bits per heavy atom. The van der Waals surface area contributed by atoms with Crippen LogP contribution in [-0.2, 0) is 9.47 Å². The van der Waals surface area contributed by atoms with Gasteiger partial charge in [0.25, 0.3) is 5.91 Å². The molecule has 4 aliphatic heterocycles. The van der Waals surface area contributed by atoms with Gasteiger partial charge in [0.15, 0.2) is 5.75 Å². The van der Waals surface area contributed by atoms with Gasteiger partial charge in [-0.2, -0.15) is 0 Å². The summed E-state index contributed by atoms with van der Waals surface area (Å²) in [6, 6.07) is 3.47. The summed E-state index contributed by atoms with van der Waals surface area (Å²) in [5.41, 5.74) is -0.608. The highest BCUT2D eigenvalue weighted by molar-refractivity contribution is 6.35. The number of amides is 2. The third kappa shape index (κ3) is 4.58. The number of rotatable bonds is 2. The van der Waals surface area contributed by atoms with E-state index in [0.717, 1.165) is 12.8 Å². The van der Waals surface area contributed by atoms with Crippen molar-refractivity contribution in [3.05, 3.63) is 34.6 Å². The SMILES string of the molecule is CC(C)(C)OC(=O)N1CCN2C(=O)c3c(N4[C@@H]5CC[C@H]4COC5)nc(-c4c(O)cccc4F)c(Cl)c3OC[C@H]2C1. The van der Waals surface area contributed by atoms with Crippen molar-refractivity contribution in [2.24, 2.45) is 0 Å². The van der Waals surface area contributed by atoms with Gasteiger partial charge in [0.1, 0.15) is 45.9 Å². The normalized spacial score (nSPS) is 24.3. The largest absolute Gasteiger partial charge is 0.507 e. The zero-order chi connectivity index (χ0) is 28.3. The molecule has 2 aromatic rings. The van der Waals surface area contributed by atoms with Crippen molar-refractivity contribution in [1.82, 2.24) is 14.8 Å². The molecule has 5 heterocycles. The fraction of sp³-hybridized carbons (Fsp3) is 0.536. The van der Waals surface area contributed by atoms with Gasteiger partial charge in [-0.25, -0.2) is 14.2 Å². The van der Waals surface area contributed by atoms with Crippen molar-refractivity contribution in [3.8, 4) is 22.8 Å². The molecule has 0 radical (unpaired) electrons. The molecule has 1 aromatic carbocycles. The number of anilines is 1. The van der Waals surface area contributed by atoms with Crippen LogP contribution >= 0.6 is 11.6 Å². The standard InChI is InChI=1S/C28H32ClFN4O6/c1-28(2,3)40-27(37)32-9-10-33-17(11-32)14-39-24-21(26(33)36)25(34-15-7-8-16(34)13-38-12-15)31-23(22(24)29)20-18(30)5-4-6-19(20)35/h4-6,15-17,35H,7-14H2,1-3H3/t15-,16+,17-/m1/s1. The summed E-state index contributed by atoms with van der Waals surface area (Å²) in [7, 11) is 0. The second-order valence-corrected chi connectivity index (χ2v) is 12.0. The first kappa shape index (κ1) is 26.9. The molecule has 3 atom stereocenters. The van der Waals surface area contributed by atoms with E-state index in [0.29, 0.717) is 25.6 Å². The highest BCUT2D eigenvalue weighted by Crippen LogP contribution is 2.48. The van der Waals surface area contributed by atoms with E-state index in [2.05, 4.69) is 4.90 Å². The molecule has 40 heavy (non-hydrogen) atoms. The van der Waals surface area contributed by atoms with E-state index in [1.807, 2.05) is 0 Å². The second-order valence-electron chi connectivity index (χ2n) is 11.7. The number of halogens is 2. The van der Waals surface area contributed by atoms with E-state index in [1.54, 1.807) is 30.6 Å². The predicted molar refractivity (Wildman–Crippen MR) is 145 cm³/mol. The number of hydrogen-bond acceptors (Lipinski definition) is 8. The molecule has 1 aromatic heterocycles. The van der Waals surface area contributed by atoms with Crippen molar-refractivity contribution in [3.63, 3.8) is 0 Å². The molecule has 0 aliphatic carbocycles. The van der Waals surface area contributed by atoms with Crippen molar-refractivity contribution in [1.29, 1.82) is 0 Å². The van der Waals surface area contributed by atoms with Crippen LogP contribution in [-0.4, -0.2) is 95.1 Å². The summed E-state index contributed by atoms with van der Waals surface area (Å²) >= 11 is 6.83. The summed E-state index contributed by atoms with van der Waals surface area (Å²) < 4.78 is 32.6. The fourth-order valence-corrected chi connectivity index (χ4v) is 6.30. The van der Waals surface area contributed by atoms with Crippen LogP contribution < -0.4 is 9.64 Å². The Kier molecular flexibility index (Phi) is 6.69. The van der Waals surface area contributed by atoms with Gasteiger partial charge < -0.3 is 34.0 Å². The highest BCUT2D eigenvalue weighted by atomic mass is 35.5. The lowest BCUT2D eigenvalue weighted by Gasteiger charge is -2.40. The number of nitrogens with zero attached hydrogens (tertiary/aromatic N) is 4. The van der Waals surface area contributed by atoms with Crippen molar-refractivity contribution >= 4 is 29.4 Å². The Bertz CT molecular complexity index is 1330. The van der Waals surface area contributed by atoms with Crippen molar-refractivity contribution in [2.75, 3.05) is 44.4 Å². The molecular formula is C28H32ClFN4O6. The van der Waals surface area contributed by atoms with Gasteiger partial charge >= 0.3 is 6.09 Å². The molecule has 4 aliphatic rings. The lowest BCUT2D eigenvalue weighted by molar-refractivity contribution is 0.000948. The predicted octanol–water partition coefficient (Wildman–Crippen LogP) is 4.07. The van der Waals surface area contributed by atoms with Gasteiger partial charge in [0.05, 0.1) is 36.9 Å². The number of benzene rings is 1. The molecule has 3 saturated heterocycles. The molecule has 10 nitrogen and oxygen atoms in total. The summed E-state index contributed by atoms with van der Waals surface area (Å²) in [5.74, 6) is -0.904. The van der Waals surface area contributed by atoms with Crippen LogP contribution in [0.5, 0.6) is 11.5 Å². The van der Waals surface area contributed by atoms with Crippen LogP contribution in [0.25, 0.3) is 11.3 Å². The number of pyridine rings is 1. The zero-order valence-electron chi connectivity index (χ0n) is 22.7. The van der Waals surface area contributed by atoms with E-state index in [9.17, 15) is 14.7 Å². The fourth-order valence-electron chi connectivity index (χ4n) is 6.01. The number of aromatic hydroxyl groups is 1. The number of piperazine rings is 1. The van der Waals surface area contributed by atoms with E-state index >= 15 is 4.39 Å². The zero-order valence-corrected chi connectivity index (χ0v) is 23.4. The summed E-state index contributed by atoms with van der Waals surface area (Å²) in [5, 5.41) is 10.5. The number of phenolic OH excluding ortho intramolecular Hbond substituents is 1. The molecule has 214 valence electrons. The minimum atomic E-state index is -0.699. The first-order valence-electron chi connectivity index (χ1n) is 13.5. The van der Waals surface area contributed by atoms with Gasteiger partial charge in [-0.15, -0.1) is 0 Å². The van der Waals surface area contributed by atoms with E-state index in [4.69, 9.17) is 30.8 Å². The summed E-state index contributed by atoms with van der Waals surface area (Å²) in [6.45, 7) is 7.20.